The summed E-state index contributed by atoms with van der Waals surface area (Å²) in [5.74, 6) is 0.453. The van der Waals surface area contributed by atoms with Crippen LogP contribution >= 0.6 is 0 Å². The molecule has 1 saturated heterocycles. The van der Waals surface area contributed by atoms with Gasteiger partial charge in [0.2, 0.25) is 5.91 Å². The molecule has 2 aromatic rings. The predicted octanol–water partition coefficient (Wildman–Crippen LogP) is 1.60. The van der Waals surface area contributed by atoms with Crippen molar-refractivity contribution in [1.82, 2.24) is 18.9 Å². The Balaban J connectivity index is 1.76. The summed E-state index contributed by atoms with van der Waals surface area (Å²) in [5, 5.41) is 0. The van der Waals surface area contributed by atoms with Crippen LogP contribution in [0.3, 0.4) is 0 Å². The zero-order chi connectivity index (χ0) is 19.7. The molecule has 27 heavy (non-hydrogen) atoms. The zero-order valence-corrected chi connectivity index (χ0v) is 16.6. The summed E-state index contributed by atoms with van der Waals surface area (Å²) in [4.78, 5) is 41.1. The molecule has 3 rings (SSSR count). The van der Waals surface area contributed by atoms with Gasteiger partial charge in [0, 0.05) is 52.3 Å². The summed E-state index contributed by atoms with van der Waals surface area (Å²) in [5.41, 5.74) is 2.02. The average molecular weight is 372 g/mol. The molecule has 7 nitrogen and oxygen atoms in total. The van der Waals surface area contributed by atoms with Gasteiger partial charge in [0.25, 0.3) is 5.91 Å². The summed E-state index contributed by atoms with van der Waals surface area (Å²) in [6.45, 7) is 6.52. The topological polar surface area (TPSA) is 67.6 Å². The van der Waals surface area contributed by atoms with E-state index in [4.69, 9.17) is 0 Å². The molecule has 1 aliphatic rings. The zero-order valence-electron chi connectivity index (χ0n) is 16.6. The maximum Gasteiger partial charge on any atom is 0.328 e. The number of fused-ring (bicyclic) bond motifs is 1. The van der Waals surface area contributed by atoms with Crippen LogP contribution in [0.4, 0.5) is 0 Å². The Bertz CT molecular complexity index is 925. The molecule has 0 N–H and O–H groups in total. The van der Waals surface area contributed by atoms with Crippen LogP contribution in [0.2, 0.25) is 0 Å². The van der Waals surface area contributed by atoms with E-state index in [0.717, 1.165) is 17.5 Å². The van der Waals surface area contributed by atoms with Gasteiger partial charge >= 0.3 is 5.69 Å². The maximum absolute atomic E-state index is 13.0. The Morgan fingerprint density at radius 2 is 1.59 bits per heavy atom. The Morgan fingerprint density at radius 3 is 2.30 bits per heavy atom. The average Bonchev–Trinajstić information content (AvgIpc) is 2.83. The number of hydrogen-bond acceptors (Lipinski definition) is 3. The van der Waals surface area contributed by atoms with E-state index in [9.17, 15) is 14.4 Å². The molecular weight excluding hydrogens is 344 g/mol. The van der Waals surface area contributed by atoms with Crippen molar-refractivity contribution < 1.29 is 9.59 Å². The van der Waals surface area contributed by atoms with Crippen molar-refractivity contribution >= 4 is 22.8 Å². The third-order valence-corrected chi connectivity index (χ3v) is 5.24. The highest BCUT2D eigenvalue weighted by molar-refractivity contribution is 5.97. The van der Waals surface area contributed by atoms with Crippen molar-refractivity contribution in [3.63, 3.8) is 0 Å². The van der Waals surface area contributed by atoms with Crippen LogP contribution < -0.4 is 5.69 Å². The molecule has 0 spiro atoms. The Morgan fingerprint density at radius 1 is 0.963 bits per heavy atom. The molecule has 1 aromatic carbocycles. The van der Waals surface area contributed by atoms with Gasteiger partial charge < -0.3 is 9.80 Å². The molecule has 2 amide bonds. The molecule has 146 valence electrons. The Hall–Kier alpha value is -2.57. The molecule has 0 atom stereocenters. The molecule has 1 aliphatic heterocycles. The third-order valence-electron chi connectivity index (χ3n) is 5.24. The van der Waals surface area contributed by atoms with E-state index in [1.54, 1.807) is 35.4 Å². The van der Waals surface area contributed by atoms with Crippen LogP contribution in [0.5, 0.6) is 0 Å². The first-order chi connectivity index (χ1) is 12.8. The second-order valence-corrected chi connectivity index (χ2v) is 7.73. The minimum absolute atomic E-state index is 0.0497. The lowest BCUT2D eigenvalue weighted by Gasteiger charge is -2.23. The smallest absolute Gasteiger partial charge is 0.328 e. The lowest BCUT2D eigenvalue weighted by atomic mass is 10.1. The SMILES string of the molecule is CC(C)CC(=O)N1CCCN(C(=O)c2ccc3c(c2)n(C)c(=O)n3C)CC1. The molecule has 1 fully saturated rings. The lowest BCUT2D eigenvalue weighted by Crippen LogP contribution is -2.37. The summed E-state index contributed by atoms with van der Waals surface area (Å²) in [6.07, 6.45) is 1.33. The molecule has 2 heterocycles. The summed E-state index contributed by atoms with van der Waals surface area (Å²) < 4.78 is 3.13. The van der Waals surface area contributed by atoms with Gasteiger partial charge in [0.05, 0.1) is 11.0 Å². The van der Waals surface area contributed by atoms with Crippen LogP contribution in [0.15, 0.2) is 23.0 Å². The molecular formula is C20H28N4O3. The number of hydrogen-bond donors (Lipinski definition) is 0. The maximum atomic E-state index is 13.0. The number of imidazole rings is 1. The van der Waals surface area contributed by atoms with Crippen molar-refractivity contribution in [1.29, 1.82) is 0 Å². The third kappa shape index (κ3) is 3.77. The first-order valence-electron chi connectivity index (χ1n) is 9.52. The summed E-state index contributed by atoms with van der Waals surface area (Å²) >= 11 is 0. The van der Waals surface area contributed by atoms with Gasteiger partial charge in [0.15, 0.2) is 0 Å². The largest absolute Gasteiger partial charge is 0.341 e. The lowest BCUT2D eigenvalue weighted by molar-refractivity contribution is -0.131. The Kier molecular flexibility index (Phi) is 5.39. The van der Waals surface area contributed by atoms with Crippen molar-refractivity contribution in [3.8, 4) is 0 Å². The fraction of sp³-hybridized carbons (Fsp3) is 0.550. The summed E-state index contributed by atoms with van der Waals surface area (Å²) in [6, 6.07) is 5.38. The molecule has 7 heteroatoms. The van der Waals surface area contributed by atoms with E-state index in [1.807, 2.05) is 29.7 Å². The quantitative estimate of drug-likeness (QED) is 0.822. The first kappa shape index (κ1) is 19.2. The van der Waals surface area contributed by atoms with Crippen molar-refractivity contribution in [2.75, 3.05) is 26.2 Å². The molecule has 1 aromatic heterocycles. The van der Waals surface area contributed by atoms with Crippen LogP contribution in [0.1, 0.15) is 37.0 Å². The number of aromatic nitrogens is 2. The number of rotatable bonds is 3. The second kappa shape index (κ2) is 7.58. The van der Waals surface area contributed by atoms with Crippen molar-refractivity contribution in [2.24, 2.45) is 20.0 Å². The minimum atomic E-state index is -0.108. The van der Waals surface area contributed by atoms with Crippen LogP contribution in [-0.4, -0.2) is 56.9 Å². The van der Waals surface area contributed by atoms with E-state index in [2.05, 4.69) is 0 Å². The second-order valence-electron chi connectivity index (χ2n) is 7.73. The van der Waals surface area contributed by atoms with Gasteiger partial charge in [-0.25, -0.2) is 4.79 Å². The van der Waals surface area contributed by atoms with Crippen LogP contribution in [-0.2, 0) is 18.9 Å². The number of carbonyl (C=O) groups excluding carboxylic acids is 2. The van der Waals surface area contributed by atoms with Gasteiger partial charge in [-0.15, -0.1) is 0 Å². The Labute approximate surface area is 159 Å². The van der Waals surface area contributed by atoms with Crippen LogP contribution in [0, 0.1) is 5.92 Å². The number of aryl methyl sites for hydroxylation is 2. The van der Waals surface area contributed by atoms with Crippen molar-refractivity contribution in [2.45, 2.75) is 26.7 Å². The van der Waals surface area contributed by atoms with Crippen LogP contribution in [0.25, 0.3) is 11.0 Å². The van der Waals surface area contributed by atoms with Gasteiger partial charge in [-0.2, -0.15) is 0 Å². The highest BCUT2D eigenvalue weighted by Gasteiger charge is 2.23. The highest BCUT2D eigenvalue weighted by atomic mass is 16.2. The number of nitrogens with zero attached hydrogens (tertiary/aromatic N) is 4. The standard InChI is InChI=1S/C20H28N4O3/c1-14(2)12-18(25)23-8-5-9-24(11-10-23)19(26)15-6-7-16-17(13-15)22(4)20(27)21(16)3/h6-7,13-14H,5,8-12H2,1-4H3. The summed E-state index contributed by atoms with van der Waals surface area (Å²) in [7, 11) is 3.44. The fourth-order valence-electron chi connectivity index (χ4n) is 3.67. The van der Waals surface area contributed by atoms with Gasteiger partial charge in [-0.3, -0.25) is 18.7 Å². The predicted molar refractivity (Wildman–Crippen MR) is 105 cm³/mol. The number of carbonyl (C=O) groups is 2. The molecule has 0 bridgehead atoms. The van der Waals surface area contributed by atoms with Gasteiger partial charge in [0.1, 0.15) is 0 Å². The molecule has 0 aliphatic carbocycles. The molecule has 0 unspecified atom stereocenters. The number of amides is 2. The fourth-order valence-corrected chi connectivity index (χ4v) is 3.67. The first-order valence-corrected chi connectivity index (χ1v) is 9.52. The van der Waals surface area contributed by atoms with Gasteiger partial charge in [-0.1, -0.05) is 13.8 Å². The minimum Gasteiger partial charge on any atom is -0.341 e. The number of benzene rings is 1. The van der Waals surface area contributed by atoms with E-state index in [-0.39, 0.29) is 17.5 Å². The molecule has 0 saturated carbocycles. The monoisotopic (exact) mass is 372 g/mol. The van der Waals surface area contributed by atoms with Crippen molar-refractivity contribution in [3.05, 3.63) is 34.2 Å². The van der Waals surface area contributed by atoms with Gasteiger partial charge in [-0.05, 0) is 30.5 Å². The molecule has 0 radical (unpaired) electrons. The van der Waals surface area contributed by atoms with E-state index in [0.29, 0.717) is 44.1 Å². The van der Waals surface area contributed by atoms with E-state index < -0.39 is 0 Å². The normalized spacial score (nSPS) is 15.4. The highest BCUT2D eigenvalue weighted by Crippen LogP contribution is 2.17. The van der Waals surface area contributed by atoms with E-state index in [1.165, 1.54) is 0 Å². The van der Waals surface area contributed by atoms with E-state index >= 15 is 0 Å².